The van der Waals surface area contributed by atoms with E-state index in [-0.39, 0.29) is 12.1 Å². The van der Waals surface area contributed by atoms with Gasteiger partial charge in [0.15, 0.2) is 0 Å². The highest BCUT2D eigenvalue weighted by Crippen LogP contribution is 2.03. The molecule has 0 fully saturated rings. The van der Waals surface area contributed by atoms with E-state index >= 15 is 0 Å². The highest BCUT2D eigenvalue weighted by atomic mass is 16.1. The van der Waals surface area contributed by atoms with E-state index in [1.54, 1.807) is 0 Å². The number of carbonyl (C=O) groups excluding carboxylic acids is 1. The molecule has 0 saturated heterocycles. The molecule has 0 aromatic heterocycles. The molecule has 0 heterocycles. The fourth-order valence-corrected chi connectivity index (χ4v) is 1.15. The van der Waals surface area contributed by atoms with Gasteiger partial charge in [0.25, 0.3) is 0 Å². The third-order valence-corrected chi connectivity index (χ3v) is 1.98. The van der Waals surface area contributed by atoms with Crippen molar-refractivity contribution in [3.05, 3.63) is 0 Å². The van der Waals surface area contributed by atoms with E-state index in [0.29, 0.717) is 12.2 Å². The van der Waals surface area contributed by atoms with E-state index in [4.69, 9.17) is 0 Å². The molecular weight excluding hydrogens is 140 g/mol. The van der Waals surface area contributed by atoms with Crippen LogP contribution in [0.25, 0.3) is 0 Å². The van der Waals surface area contributed by atoms with Gasteiger partial charge in [0.05, 0.1) is 6.17 Å². The second kappa shape index (κ2) is 5.27. The molecular formula is C8H18N2O. The Balaban J connectivity index is 3.97. The Morgan fingerprint density at radius 2 is 1.82 bits per heavy atom. The molecule has 0 bridgehead atoms. The molecule has 0 saturated carbocycles. The van der Waals surface area contributed by atoms with Crippen molar-refractivity contribution in [1.82, 2.24) is 10.6 Å². The maximum Gasteiger partial charge on any atom is 0.138 e. The van der Waals surface area contributed by atoms with Crippen LogP contribution in [0.1, 0.15) is 20.3 Å². The average molecular weight is 158 g/mol. The topological polar surface area (TPSA) is 41.1 Å². The van der Waals surface area contributed by atoms with Gasteiger partial charge >= 0.3 is 0 Å². The number of hydrogen-bond donors (Lipinski definition) is 2. The first kappa shape index (κ1) is 10.6. The lowest BCUT2D eigenvalue weighted by molar-refractivity contribution is -0.123. The molecule has 0 rings (SSSR count). The summed E-state index contributed by atoms with van der Waals surface area (Å²) in [6, 6.07) is 0. The van der Waals surface area contributed by atoms with Crippen LogP contribution in [0.2, 0.25) is 0 Å². The smallest absolute Gasteiger partial charge is 0.138 e. The van der Waals surface area contributed by atoms with E-state index in [1.165, 1.54) is 0 Å². The zero-order valence-corrected chi connectivity index (χ0v) is 7.77. The SMILES string of the molecule is CCC(=O)C(C)C(NC)NC. The molecule has 1 atom stereocenters. The molecule has 0 aliphatic carbocycles. The Kier molecular flexibility index (Phi) is 5.07. The molecule has 0 aromatic rings. The number of Topliss-reactive ketones (excluding diaryl/α,β-unsaturated/α-hetero) is 1. The van der Waals surface area contributed by atoms with Gasteiger partial charge in [-0.25, -0.2) is 0 Å². The minimum atomic E-state index is 0.0509. The van der Waals surface area contributed by atoms with Crippen LogP contribution >= 0.6 is 0 Å². The number of carbonyl (C=O) groups is 1. The van der Waals surface area contributed by atoms with Crippen molar-refractivity contribution < 1.29 is 4.79 Å². The average Bonchev–Trinajstić information content (AvgIpc) is 2.05. The maximum atomic E-state index is 11.2. The summed E-state index contributed by atoms with van der Waals surface area (Å²) in [7, 11) is 3.70. The molecule has 1 unspecified atom stereocenters. The van der Waals surface area contributed by atoms with Crippen LogP contribution in [0.15, 0.2) is 0 Å². The van der Waals surface area contributed by atoms with Gasteiger partial charge in [-0.15, -0.1) is 0 Å². The van der Waals surface area contributed by atoms with E-state index < -0.39 is 0 Å². The second-order valence-corrected chi connectivity index (χ2v) is 2.66. The lowest BCUT2D eigenvalue weighted by Crippen LogP contribution is -2.45. The Morgan fingerprint density at radius 1 is 1.36 bits per heavy atom. The molecule has 11 heavy (non-hydrogen) atoms. The van der Waals surface area contributed by atoms with Gasteiger partial charge in [-0.05, 0) is 14.1 Å². The Labute approximate surface area is 68.6 Å². The predicted molar refractivity (Wildman–Crippen MR) is 46.4 cm³/mol. The van der Waals surface area contributed by atoms with Crippen molar-refractivity contribution in [2.24, 2.45) is 5.92 Å². The Bertz CT molecular complexity index is 121. The Morgan fingerprint density at radius 3 is 2.09 bits per heavy atom. The van der Waals surface area contributed by atoms with Crippen molar-refractivity contribution in [2.75, 3.05) is 14.1 Å². The first-order chi connectivity index (χ1) is 5.17. The monoisotopic (exact) mass is 158 g/mol. The van der Waals surface area contributed by atoms with Gasteiger partial charge in [-0.3, -0.25) is 4.79 Å². The molecule has 3 nitrogen and oxygen atoms in total. The summed E-state index contributed by atoms with van der Waals surface area (Å²) in [6.45, 7) is 3.82. The van der Waals surface area contributed by atoms with Crippen molar-refractivity contribution >= 4 is 5.78 Å². The number of rotatable bonds is 5. The van der Waals surface area contributed by atoms with Crippen LogP contribution < -0.4 is 10.6 Å². The maximum absolute atomic E-state index is 11.2. The number of ketones is 1. The van der Waals surface area contributed by atoms with E-state index in [9.17, 15) is 4.79 Å². The van der Waals surface area contributed by atoms with E-state index in [0.717, 1.165) is 0 Å². The summed E-state index contributed by atoms with van der Waals surface area (Å²) in [5.74, 6) is 0.341. The summed E-state index contributed by atoms with van der Waals surface area (Å²) in [4.78, 5) is 11.2. The van der Waals surface area contributed by atoms with Gasteiger partial charge in [0.1, 0.15) is 5.78 Å². The second-order valence-electron chi connectivity index (χ2n) is 2.66. The number of nitrogens with one attached hydrogen (secondary N) is 2. The first-order valence-corrected chi connectivity index (χ1v) is 4.04. The van der Waals surface area contributed by atoms with Gasteiger partial charge < -0.3 is 10.6 Å². The molecule has 0 aliphatic heterocycles. The lowest BCUT2D eigenvalue weighted by Gasteiger charge is -2.21. The van der Waals surface area contributed by atoms with Crippen molar-refractivity contribution in [3.8, 4) is 0 Å². The van der Waals surface area contributed by atoms with Gasteiger partial charge in [0.2, 0.25) is 0 Å². The minimum absolute atomic E-state index is 0.0509. The molecule has 3 heteroatoms. The summed E-state index contributed by atoms with van der Waals surface area (Å²) >= 11 is 0. The zero-order chi connectivity index (χ0) is 8.85. The molecule has 0 aromatic carbocycles. The molecule has 0 radical (unpaired) electrons. The van der Waals surface area contributed by atoms with E-state index in [1.807, 2.05) is 27.9 Å². The van der Waals surface area contributed by atoms with E-state index in [2.05, 4.69) is 10.6 Å². The van der Waals surface area contributed by atoms with Crippen LogP contribution in [0.4, 0.5) is 0 Å². The highest BCUT2D eigenvalue weighted by Gasteiger charge is 2.18. The van der Waals surface area contributed by atoms with Crippen LogP contribution in [0.5, 0.6) is 0 Å². The third kappa shape index (κ3) is 2.99. The van der Waals surface area contributed by atoms with Crippen LogP contribution in [0.3, 0.4) is 0 Å². The van der Waals surface area contributed by atoms with Crippen molar-refractivity contribution in [3.63, 3.8) is 0 Å². The summed E-state index contributed by atoms with van der Waals surface area (Å²) < 4.78 is 0. The largest absolute Gasteiger partial charge is 0.304 e. The standard InChI is InChI=1S/C8H18N2O/c1-5-7(11)6(2)8(9-3)10-4/h6,8-10H,5H2,1-4H3. The number of hydrogen-bond acceptors (Lipinski definition) is 3. The fraction of sp³-hybridized carbons (Fsp3) is 0.875. The molecule has 66 valence electrons. The highest BCUT2D eigenvalue weighted by molar-refractivity contribution is 5.80. The molecule has 2 N–H and O–H groups in total. The predicted octanol–water partition coefficient (Wildman–Crippen LogP) is 0.366. The van der Waals surface area contributed by atoms with Gasteiger partial charge in [-0.2, -0.15) is 0 Å². The van der Waals surface area contributed by atoms with Crippen molar-refractivity contribution in [1.29, 1.82) is 0 Å². The lowest BCUT2D eigenvalue weighted by atomic mass is 10.0. The van der Waals surface area contributed by atoms with Gasteiger partial charge in [-0.1, -0.05) is 13.8 Å². The molecule has 0 amide bonds. The van der Waals surface area contributed by atoms with Gasteiger partial charge in [0, 0.05) is 12.3 Å². The third-order valence-electron chi connectivity index (χ3n) is 1.98. The van der Waals surface area contributed by atoms with Crippen LogP contribution in [-0.2, 0) is 4.79 Å². The zero-order valence-electron chi connectivity index (χ0n) is 7.77. The molecule has 0 aliphatic rings. The quantitative estimate of drug-likeness (QED) is 0.568. The molecule has 0 spiro atoms. The fourth-order valence-electron chi connectivity index (χ4n) is 1.15. The normalized spacial score (nSPS) is 13.5. The van der Waals surface area contributed by atoms with Crippen molar-refractivity contribution in [2.45, 2.75) is 26.4 Å². The minimum Gasteiger partial charge on any atom is -0.304 e. The van der Waals surface area contributed by atoms with Crippen LogP contribution in [-0.4, -0.2) is 26.0 Å². The Hall–Kier alpha value is -0.410. The summed E-state index contributed by atoms with van der Waals surface area (Å²) in [6.07, 6.45) is 0.712. The summed E-state index contributed by atoms with van der Waals surface area (Å²) in [5.41, 5.74) is 0. The first-order valence-electron chi connectivity index (χ1n) is 4.04. The van der Waals surface area contributed by atoms with Crippen LogP contribution in [0, 0.1) is 5.92 Å². The summed E-state index contributed by atoms with van der Waals surface area (Å²) in [5, 5.41) is 6.07.